The molecule has 0 radical (unpaired) electrons. The van der Waals surface area contributed by atoms with E-state index in [1.807, 2.05) is 37.3 Å². The molecule has 2 heterocycles. The molecule has 1 N–H and O–H groups in total. The number of hydrogen-bond acceptors (Lipinski definition) is 6. The molecule has 0 saturated carbocycles. The van der Waals surface area contributed by atoms with E-state index in [1.165, 1.54) is 12.1 Å². The molecule has 0 bridgehead atoms. The lowest BCUT2D eigenvalue weighted by Gasteiger charge is -2.37. The largest absolute Gasteiger partial charge is 0.499 e. The van der Waals surface area contributed by atoms with Gasteiger partial charge in [-0.3, -0.25) is 9.69 Å². The van der Waals surface area contributed by atoms with Crippen molar-refractivity contribution < 1.29 is 36.0 Å². The van der Waals surface area contributed by atoms with Crippen LogP contribution < -0.4 is 15.0 Å². The topological polar surface area (TPSA) is 70.8 Å². The van der Waals surface area contributed by atoms with Gasteiger partial charge in [0.05, 0.1) is 5.69 Å². The molecule has 210 valence electrons. The first-order valence-electron chi connectivity index (χ1n) is 12.6. The molecule has 3 aromatic rings. The van der Waals surface area contributed by atoms with Gasteiger partial charge in [0, 0.05) is 44.7 Å². The monoisotopic (exact) mass is 552 g/mol. The van der Waals surface area contributed by atoms with Crippen LogP contribution in [-0.2, 0) is 6.42 Å². The Morgan fingerprint density at radius 3 is 2.33 bits per heavy atom. The SMILES string of the molecule is CCc1onc(-c2ccccc2)c1C(=O)NCCCN1CCN(c2ccccc2OC(F)(F)C(F)(F)F)CC1. The van der Waals surface area contributed by atoms with Crippen molar-refractivity contribution in [1.82, 2.24) is 15.4 Å². The van der Waals surface area contributed by atoms with Crippen LogP contribution in [-0.4, -0.2) is 67.5 Å². The van der Waals surface area contributed by atoms with Crippen molar-refractivity contribution in [1.29, 1.82) is 0 Å². The summed E-state index contributed by atoms with van der Waals surface area (Å²) in [7, 11) is 0. The fourth-order valence-corrected chi connectivity index (χ4v) is 4.40. The van der Waals surface area contributed by atoms with Crippen molar-refractivity contribution in [2.24, 2.45) is 0 Å². The van der Waals surface area contributed by atoms with E-state index in [4.69, 9.17) is 4.52 Å². The summed E-state index contributed by atoms with van der Waals surface area (Å²) in [5.74, 6) is -0.269. The standard InChI is InChI=1S/C27H29F5N4O3/c1-2-21-23(24(34-39-21)19-9-4-3-5-10-19)25(37)33-13-8-14-35-15-17-36(18-16-35)20-11-6-7-12-22(20)38-27(31,32)26(28,29)30/h3-7,9-12H,2,8,13-18H2,1H3,(H,33,37). The molecule has 7 nitrogen and oxygen atoms in total. The lowest BCUT2D eigenvalue weighted by atomic mass is 10.0. The Hall–Kier alpha value is -3.67. The van der Waals surface area contributed by atoms with Gasteiger partial charge in [-0.2, -0.15) is 22.0 Å². The fraction of sp³-hybridized carbons (Fsp3) is 0.407. The summed E-state index contributed by atoms with van der Waals surface area (Å²) in [6.45, 7) is 4.97. The van der Waals surface area contributed by atoms with E-state index < -0.39 is 18.0 Å². The molecule has 0 atom stereocenters. The maximum absolute atomic E-state index is 13.5. The number of anilines is 1. The second-order valence-electron chi connectivity index (χ2n) is 9.07. The minimum atomic E-state index is -5.82. The van der Waals surface area contributed by atoms with E-state index in [-0.39, 0.29) is 11.6 Å². The van der Waals surface area contributed by atoms with Crippen LogP contribution in [0.4, 0.5) is 27.6 Å². The molecule has 1 aliphatic rings. The number of benzene rings is 2. The molecule has 4 rings (SSSR count). The molecule has 1 aromatic heterocycles. The zero-order valence-electron chi connectivity index (χ0n) is 21.3. The van der Waals surface area contributed by atoms with E-state index in [1.54, 1.807) is 11.0 Å². The molecule has 12 heteroatoms. The van der Waals surface area contributed by atoms with Crippen LogP contribution in [0.5, 0.6) is 5.75 Å². The first-order valence-corrected chi connectivity index (χ1v) is 12.6. The summed E-state index contributed by atoms with van der Waals surface area (Å²) in [5, 5.41) is 7.02. The van der Waals surface area contributed by atoms with Crippen LogP contribution in [0.15, 0.2) is 59.1 Å². The summed E-state index contributed by atoms with van der Waals surface area (Å²) >= 11 is 0. The normalized spacial score (nSPS) is 14.9. The van der Waals surface area contributed by atoms with E-state index in [0.29, 0.717) is 69.1 Å². The molecular weight excluding hydrogens is 523 g/mol. The fourth-order valence-electron chi connectivity index (χ4n) is 4.40. The van der Waals surface area contributed by atoms with Crippen LogP contribution >= 0.6 is 0 Å². The van der Waals surface area contributed by atoms with E-state index in [0.717, 1.165) is 11.6 Å². The third-order valence-electron chi connectivity index (χ3n) is 6.44. The number of alkyl halides is 5. The average molecular weight is 553 g/mol. The lowest BCUT2D eigenvalue weighted by Crippen LogP contribution is -2.47. The van der Waals surface area contributed by atoms with Crippen LogP contribution in [0.2, 0.25) is 0 Å². The van der Waals surface area contributed by atoms with Crippen molar-refractivity contribution in [3.8, 4) is 17.0 Å². The maximum Gasteiger partial charge on any atom is 0.499 e. The first kappa shape index (κ1) is 28.3. The Morgan fingerprint density at radius 2 is 1.67 bits per heavy atom. The molecular formula is C27H29F5N4O3. The van der Waals surface area contributed by atoms with Gasteiger partial charge in [-0.25, -0.2) is 0 Å². The van der Waals surface area contributed by atoms with Gasteiger partial charge in [0.15, 0.2) is 0 Å². The third kappa shape index (κ3) is 6.67. The summed E-state index contributed by atoms with van der Waals surface area (Å²) in [6, 6.07) is 14.8. The molecule has 1 aliphatic heterocycles. The quantitative estimate of drug-likeness (QED) is 0.269. The summed E-state index contributed by atoms with van der Waals surface area (Å²) in [4.78, 5) is 16.8. The van der Waals surface area contributed by atoms with Gasteiger partial charge in [-0.05, 0) is 25.1 Å². The Morgan fingerprint density at radius 1 is 1.00 bits per heavy atom. The van der Waals surface area contributed by atoms with Crippen molar-refractivity contribution in [3.05, 3.63) is 65.9 Å². The molecule has 0 aliphatic carbocycles. The molecule has 39 heavy (non-hydrogen) atoms. The lowest BCUT2D eigenvalue weighted by molar-refractivity contribution is -0.360. The smallest absolute Gasteiger partial charge is 0.424 e. The average Bonchev–Trinajstić information content (AvgIpc) is 3.36. The van der Waals surface area contributed by atoms with Crippen molar-refractivity contribution in [2.45, 2.75) is 32.1 Å². The Balaban J connectivity index is 1.27. The Bertz CT molecular complexity index is 1240. The number of piperazine rings is 1. The van der Waals surface area contributed by atoms with Gasteiger partial charge in [-0.1, -0.05) is 54.5 Å². The highest BCUT2D eigenvalue weighted by Gasteiger charge is 2.61. The highest BCUT2D eigenvalue weighted by molar-refractivity contribution is 6.00. The zero-order chi connectivity index (χ0) is 28.0. The summed E-state index contributed by atoms with van der Waals surface area (Å²) in [5.41, 5.74) is 1.90. The van der Waals surface area contributed by atoms with Crippen LogP contribution in [0.1, 0.15) is 29.5 Å². The third-order valence-corrected chi connectivity index (χ3v) is 6.44. The maximum atomic E-state index is 13.5. The highest BCUT2D eigenvalue weighted by atomic mass is 19.4. The number of aromatic nitrogens is 1. The second kappa shape index (κ2) is 12.0. The number of carbonyl (C=O) groups excluding carboxylic acids is 1. The number of nitrogens with zero attached hydrogens (tertiary/aromatic N) is 3. The second-order valence-corrected chi connectivity index (χ2v) is 9.07. The van der Waals surface area contributed by atoms with Gasteiger partial charge < -0.3 is 19.5 Å². The number of rotatable bonds is 10. The number of halogens is 5. The van der Waals surface area contributed by atoms with Crippen LogP contribution in [0.3, 0.4) is 0 Å². The number of amides is 1. The summed E-state index contributed by atoms with van der Waals surface area (Å²) in [6.07, 6.45) is -9.92. The van der Waals surface area contributed by atoms with Gasteiger partial charge in [0.2, 0.25) is 0 Å². The number of carbonyl (C=O) groups is 1. The van der Waals surface area contributed by atoms with E-state index in [2.05, 4.69) is 20.1 Å². The highest BCUT2D eigenvalue weighted by Crippen LogP contribution is 2.40. The molecule has 1 saturated heterocycles. The first-order chi connectivity index (χ1) is 18.6. The molecule has 1 amide bonds. The minimum absolute atomic E-state index is 0.183. The number of para-hydroxylation sites is 2. The number of ether oxygens (including phenoxy) is 1. The minimum Gasteiger partial charge on any atom is -0.424 e. The Kier molecular flexibility index (Phi) is 8.73. The Labute approximate surface area is 222 Å². The van der Waals surface area contributed by atoms with Crippen molar-refractivity contribution in [2.75, 3.05) is 44.2 Å². The number of aryl methyl sites for hydroxylation is 1. The van der Waals surface area contributed by atoms with E-state index in [9.17, 15) is 26.7 Å². The predicted molar refractivity (Wildman–Crippen MR) is 135 cm³/mol. The van der Waals surface area contributed by atoms with Gasteiger partial charge >= 0.3 is 12.3 Å². The molecule has 0 spiro atoms. The summed E-state index contributed by atoms with van der Waals surface area (Å²) < 4.78 is 74.3. The number of nitrogens with one attached hydrogen (secondary N) is 1. The molecule has 0 unspecified atom stereocenters. The predicted octanol–water partition coefficient (Wildman–Crippen LogP) is 5.38. The van der Waals surface area contributed by atoms with Gasteiger partial charge in [0.1, 0.15) is 22.8 Å². The zero-order valence-corrected chi connectivity index (χ0v) is 21.3. The van der Waals surface area contributed by atoms with Crippen LogP contribution in [0, 0.1) is 0 Å². The van der Waals surface area contributed by atoms with Crippen LogP contribution in [0.25, 0.3) is 11.3 Å². The van der Waals surface area contributed by atoms with Gasteiger partial charge in [-0.15, -0.1) is 0 Å². The number of hydrogen-bond donors (Lipinski definition) is 1. The molecule has 1 fully saturated rings. The van der Waals surface area contributed by atoms with Gasteiger partial charge in [0.25, 0.3) is 5.91 Å². The van der Waals surface area contributed by atoms with Crippen molar-refractivity contribution in [3.63, 3.8) is 0 Å². The van der Waals surface area contributed by atoms with E-state index >= 15 is 0 Å². The molecule has 2 aromatic carbocycles. The van der Waals surface area contributed by atoms with Crippen molar-refractivity contribution >= 4 is 11.6 Å².